The van der Waals surface area contributed by atoms with E-state index in [0.717, 1.165) is 12.2 Å². The van der Waals surface area contributed by atoms with Crippen LogP contribution in [-0.2, 0) is 0 Å². The van der Waals surface area contributed by atoms with Gasteiger partial charge in [-0.05, 0) is 36.3 Å². The highest BCUT2D eigenvalue weighted by Gasteiger charge is 2.06. The Labute approximate surface area is 101 Å². The Hall–Kier alpha value is -1.96. The molecule has 0 rings (SSSR count). The molecule has 2 heteroatoms. The molecule has 0 aromatic carbocycles. The van der Waals surface area contributed by atoms with Crippen LogP contribution in [-0.4, -0.2) is 0 Å². The zero-order valence-corrected chi connectivity index (χ0v) is 10.0. The Balaban J connectivity index is 4.96. The van der Waals surface area contributed by atoms with Crippen LogP contribution in [0, 0.1) is 0 Å². The van der Waals surface area contributed by atoms with Crippen LogP contribution in [0.5, 0.6) is 0 Å². The van der Waals surface area contributed by atoms with E-state index in [1.807, 2.05) is 0 Å². The van der Waals surface area contributed by atoms with E-state index < -0.39 is 11.7 Å². The van der Waals surface area contributed by atoms with E-state index >= 15 is 0 Å². The average Bonchev–Trinajstić information content (AvgIpc) is 2.27. The zero-order chi connectivity index (χ0) is 13.6. The third kappa shape index (κ3) is 5.07. The number of halogens is 2. The zero-order valence-electron chi connectivity index (χ0n) is 10.0. The van der Waals surface area contributed by atoms with E-state index in [0.29, 0.717) is 11.1 Å². The van der Waals surface area contributed by atoms with Crippen LogP contribution < -0.4 is 0 Å². The van der Waals surface area contributed by atoms with Gasteiger partial charge >= 0.3 is 0 Å². The molecule has 0 aliphatic carbocycles. The third-order valence-corrected chi connectivity index (χ3v) is 2.03. The minimum atomic E-state index is -0.615. The van der Waals surface area contributed by atoms with Crippen molar-refractivity contribution in [1.82, 2.24) is 0 Å². The molecule has 0 nitrogen and oxygen atoms in total. The fraction of sp³-hybridized carbons (Fsp3) is 0.0667. The molecule has 0 radical (unpaired) electrons. The first-order chi connectivity index (χ1) is 7.79. The number of hydrogen-bond donors (Lipinski definition) is 0. The van der Waals surface area contributed by atoms with Gasteiger partial charge in [0.25, 0.3) is 0 Å². The fourth-order valence-electron chi connectivity index (χ4n) is 0.829. The maximum Gasteiger partial charge on any atom is 0.130 e. The number of rotatable bonds is 6. The first-order valence-corrected chi connectivity index (χ1v) is 4.89. The number of hydrogen-bond acceptors (Lipinski definition) is 0. The standard InChI is InChI=1S/C15H16F2/c1-7-14(16)8-12(5)13(6)15(17)9-11(4)10(2)3/h7-9H,1-2,4-6H2,3H3/b14-8+,15-9+. The summed E-state index contributed by atoms with van der Waals surface area (Å²) in [6.07, 6.45) is 3.26. The molecule has 0 aromatic rings. The van der Waals surface area contributed by atoms with E-state index in [-0.39, 0.29) is 11.1 Å². The van der Waals surface area contributed by atoms with Gasteiger partial charge in [-0.3, -0.25) is 0 Å². The molecule has 90 valence electrons. The lowest BCUT2D eigenvalue weighted by Crippen LogP contribution is -1.87. The van der Waals surface area contributed by atoms with Crippen LogP contribution in [0.2, 0.25) is 0 Å². The molecule has 0 saturated carbocycles. The van der Waals surface area contributed by atoms with Gasteiger partial charge in [0.05, 0.1) is 0 Å². The summed E-state index contributed by atoms with van der Waals surface area (Å²) in [4.78, 5) is 0. The lowest BCUT2D eigenvalue weighted by atomic mass is 10.0. The molecule has 0 N–H and O–H groups in total. The molecule has 0 amide bonds. The van der Waals surface area contributed by atoms with E-state index in [1.54, 1.807) is 6.92 Å². The van der Waals surface area contributed by atoms with Crippen molar-refractivity contribution >= 4 is 0 Å². The van der Waals surface area contributed by atoms with Crippen molar-refractivity contribution in [3.63, 3.8) is 0 Å². The molecule has 0 unspecified atom stereocenters. The highest BCUT2D eigenvalue weighted by molar-refractivity contribution is 5.50. The van der Waals surface area contributed by atoms with Gasteiger partial charge in [-0.25, -0.2) is 8.78 Å². The van der Waals surface area contributed by atoms with Crippen molar-refractivity contribution in [2.75, 3.05) is 0 Å². The predicted molar refractivity (Wildman–Crippen MR) is 70.8 cm³/mol. The summed E-state index contributed by atoms with van der Waals surface area (Å²) in [5.74, 6) is -1.21. The van der Waals surface area contributed by atoms with Crippen molar-refractivity contribution in [3.8, 4) is 0 Å². The molecular weight excluding hydrogens is 218 g/mol. The molecule has 17 heavy (non-hydrogen) atoms. The van der Waals surface area contributed by atoms with E-state index in [2.05, 4.69) is 32.9 Å². The Morgan fingerprint density at radius 1 is 0.941 bits per heavy atom. The van der Waals surface area contributed by atoms with Gasteiger partial charge in [-0.1, -0.05) is 38.5 Å². The average molecular weight is 234 g/mol. The molecule has 0 aliphatic rings. The van der Waals surface area contributed by atoms with Crippen molar-refractivity contribution in [2.45, 2.75) is 6.92 Å². The van der Waals surface area contributed by atoms with Gasteiger partial charge in [0.1, 0.15) is 11.7 Å². The summed E-state index contributed by atoms with van der Waals surface area (Å²) >= 11 is 0. The molecule has 0 fully saturated rings. The molecule has 0 spiro atoms. The molecule has 0 atom stereocenters. The summed E-state index contributed by atoms with van der Waals surface area (Å²) in [5, 5.41) is 0. The Kier molecular flexibility index (Phi) is 5.83. The van der Waals surface area contributed by atoms with E-state index in [1.165, 1.54) is 6.08 Å². The normalized spacial score (nSPS) is 11.9. The van der Waals surface area contributed by atoms with Crippen molar-refractivity contribution in [3.05, 3.63) is 85.1 Å². The summed E-state index contributed by atoms with van der Waals surface area (Å²) in [7, 11) is 0. The maximum atomic E-state index is 13.6. The smallest absolute Gasteiger partial charge is 0.130 e. The highest BCUT2D eigenvalue weighted by Crippen LogP contribution is 2.22. The highest BCUT2D eigenvalue weighted by atomic mass is 19.1. The van der Waals surface area contributed by atoms with Gasteiger partial charge in [-0.2, -0.15) is 0 Å². The van der Waals surface area contributed by atoms with Crippen LogP contribution in [0.3, 0.4) is 0 Å². The van der Waals surface area contributed by atoms with Crippen molar-refractivity contribution in [1.29, 1.82) is 0 Å². The van der Waals surface area contributed by atoms with Gasteiger partial charge < -0.3 is 0 Å². The number of allylic oxidation sites excluding steroid dienone is 9. The van der Waals surface area contributed by atoms with Crippen LogP contribution in [0.25, 0.3) is 0 Å². The summed E-state index contributed by atoms with van der Waals surface area (Å²) in [6, 6.07) is 0. The monoisotopic (exact) mass is 234 g/mol. The first kappa shape index (κ1) is 15.0. The Bertz CT molecular complexity index is 446. The third-order valence-electron chi connectivity index (χ3n) is 2.03. The maximum absolute atomic E-state index is 13.6. The lowest BCUT2D eigenvalue weighted by molar-refractivity contribution is 0.652. The van der Waals surface area contributed by atoms with Gasteiger partial charge in [0.15, 0.2) is 0 Å². The van der Waals surface area contributed by atoms with Crippen LogP contribution in [0.15, 0.2) is 85.1 Å². The summed E-state index contributed by atoms with van der Waals surface area (Å²) in [6.45, 7) is 19.2. The first-order valence-electron chi connectivity index (χ1n) is 4.89. The van der Waals surface area contributed by atoms with E-state index in [4.69, 9.17) is 0 Å². The molecule has 0 saturated heterocycles. The topological polar surface area (TPSA) is 0 Å². The lowest BCUT2D eigenvalue weighted by Gasteiger charge is -2.04. The molecule has 0 bridgehead atoms. The fourth-order valence-corrected chi connectivity index (χ4v) is 0.829. The second kappa shape index (κ2) is 6.59. The van der Waals surface area contributed by atoms with Crippen LogP contribution in [0.4, 0.5) is 8.78 Å². The van der Waals surface area contributed by atoms with Crippen LogP contribution >= 0.6 is 0 Å². The molecule has 0 aliphatic heterocycles. The Morgan fingerprint density at radius 2 is 1.47 bits per heavy atom. The second-order valence-electron chi connectivity index (χ2n) is 3.53. The molecular formula is C15H16F2. The van der Waals surface area contributed by atoms with Gasteiger partial charge in [0, 0.05) is 5.57 Å². The van der Waals surface area contributed by atoms with E-state index in [9.17, 15) is 8.78 Å². The van der Waals surface area contributed by atoms with Gasteiger partial charge in [0.2, 0.25) is 0 Å². The minimum absolute atomic E-state index is 0.00407. The van der Waals surface area contributed by atoms with Gasteiger partial charge in [-0.15, -0.1) is 0 Å². The SMILES string of the molecule is C=C/C(F)=C\C(=C)C(=C)/C(F)=C\C(=C)C(=C)C. The van der Waals surface area contributed by atoms with Crippen LogP contribution in [0.1, 0.15) is 6.92 Å². The van der Waals surface area contributed by atoms with Crippen molar-refractivity contribution in [2.24, 2.45) is 0 Å². The second-order valence-corrected chi connectivity index (χ2v) is 3.53. The predicted octanol–water partition coefficient (Wildman–Crippen LogP) is 5.12. The molecule has 0 aromatic heterocycles. The Morgan fingerprint density at radius 3 is 1.88 bits per heavy atom. The molecule has 0 heterocycles. The quantitative estimate of drug-likeness (QED) is 0.559. The largest absolute Gasteiger partial charge is 0.207 e. The van der Waals surface area contributed by atoms with Crippen molar-refractivity contribution < 1.29 is 8.78 Å². The minimum Gasteiger partial charge on any atom is -0.207 e. The summed E-state index contributed by atoms with van der Waals surface area (Å²) in [5.41, 5.74) is 1.24. The summed E-state index contributed by atoms with van der Waals surface area (Å²) < 4.78 is 26.5.